The number of benzene rings is 2. The molecule has 3 aromatic rings. The summed E-state index contributed by atoms with van der Waals surface area (Å²) in [7, 11) is 1.60. The van der Waals surface area contributed by atoms with E-state index in [9.17, 15) is 4.79 Å². The molecule has 0 saturated heterocycles. The van der Waals surface area contributed by atoms with Gasteiger partial charge in [0.15, 0.2) is 0 Å². The fourth-order valence-corrected chi connectivity index (χ4v) is 2.43. The van der Waals surface area contributed by atoms with Crippen LogP contribution in [0.5, 0.6) is 0 Å². The Kier molecular flexibility index (Phi) is 4.43. The first-order valence-corrected chi connectivity index (χ1v) is 7.48. The number of rotatable bonds is 4. The summed E-state index contributed by atoms with van der Waals surface area (Å²) in [5, 5.41) is 6.58. The molecule has 0 unspecified atom stereocenters. The lowest BCUT2D eigenvalue weighted by atomic mass is 9.99. The molecule has 0 aliphatic rings. The van der Waals surface area contributed by atoms with Crippen molar-refractivity contribution in [1.29, 1.82) is 0 Å². The Morgan fingerprint density at radius 1 is 1.17 bits per heavy atom. The topological polar surface area (TPSA) is 81.2 Å². The van der Waals surface area contributed by atoms with Gasteiger partial charge in [0.25, 0.3) is 5.91 Å². The lowest BCUT2D eigenvalue weighted by Gasteiger charge is -2.09. The highest BCUT2D eigenvalue weighted by atomic mass is 16.5. The zero-order valence-corrected chi connectivity index (χ0v) is 13.2. The van der Waals surface area contributed by atoms with E-state index in [1.54, 1.807) is 25.3 Å². The summed E-state index contributed by atoms with van der Waals surface area (Å²) in [5.74, 6) is -0.172. The van der Waals surface area contributed by atoms with Crippen LogP contribution in [-0.2, 0) is 0 Å². The first-order valence-electron chi connectivity index (χ1n) is 7.48. The summed E-state index contributed by atoms with van der Waals surface area (Å²) in [6.07, 6.45) is 3.30. The lowest BCUT2D eigenvalue weighted by Crippen LogP contribution is -2.19. The molecule has 0 atom stereocenters. The van der Waals surface area contributed by atoms with Crippen LogP contribution >= 0.6 is 0 Å². The highest BCUT2D eigenvalue weighted by Gasteiger charge is 2.12. The van der Waals surface area contributed by atoms with Gasteiger partial charge < -0.3 is 15.6 Å². The number of hydrogen-bond donors (Lipinski definition) is 2. The van der Waals surface area contributed by atoms with Gasteiger partial charge in [0.1, 0.15) is 12.0 Å². The van der Waals surface area contributed by atoms with Crippen LogP contribution in [0.2, 0.25) is 0 Å². The minimum atomic E-state index is -0.172. The van der Waals surface area contributed by atoms with Crippen LogP contribution in [0.1, 0.15) is 21.5 Å². The second-order valence-corrected chi connectivity index (χ2v) is 5.23. The fourth-order valence-electron chi connectivity index (χ4n) is 2.43. The molecule has 1 amide bonds. The maximum Gasteiger partial charge on any atom is 0.251 e. The minimum absolute atomic E-state index is 0.172. The van der Waals surface area contributed by atoms with E-state index in [1.165, 1.54) is 6.26 Å². The third kappa shape index (κ3) is 3.20. The molecule has 0 fully saturated rings. The SMILES string of the molecule is CNC(=O)c1ccc(-c2ccon2)cc1C=C(N)c1ccccc1. The summed E-state index contributed by atoms with van der Waals surface area (Å²) in [6.45, 7) is 0. The maximum atomic E-state index is 12.1. The van der Waals surface area contributed by atoms with E-state index >= 15 is 0 Å². The van der Waals surface area contributed by atoms with Gasteiger partial charge >= 0.3 is 0 Å². The molecule has 5 heteroatoms. The molecule has 0 saturated carbocycles. The van der Waals surface area contributed by atoms with Gasteiger partial charge in [-0.05, 0) is 29.3 Å². The number of nitrogens with two attached hydrogens (primary N) is 1. The molecule has 3 N–H and O–H groups in total. The third-order valence-electron chi connectivity index (χ3n) is 3.67. The summed E-state index contributed by atoms with van der Waals surface area (Å²) < 4.78 is 4.89. The van der Waals surface area contributed by atoms with Crippen LogP contribution in [0.3, 0.4) is 0 Å². The van der Waals surface area contributed by atoms with Gasteiger partial charge in [-0.1, -0.05) is 41.6 Å². The molecule has 0 radical (unpaired) electrons. The standard InChI is InChI=1S/C19H17N3O2/c1-21-19(23)16-8-7-14(18-9-10-24-22-18)11-15(16)12-17(20)13-5-3-2-4-6-13/h2-12H,20H2,1H3,(H,21,23). The van der Waals surface area contributed by atoms with E-state index in [1.807, 2.05) is 42.5 Å². The second kappa shape index (κ2) is 6.83. The van der Waals surface area contributed by atoms with E-state index in [0.717, 1.165) is 16.7 Å². The summed E-state index contributed by atoms with van der Waals surface area (Å²) in [5.41, 5.74) is 10.5. The molecule has 24 heavy (non-hydrogen) atoms. The Morgan fingerprint density at radius 2 is 1.96 bits per heavy atom. The van der Waals surface area contributed by atoms with E-state index in [4.69, 9.17) is 10.3 Å². The second-order valence-electron chi connectivity index (χ2n) is 5.23. The Bertz CT molecular complexity index is 869. The van der Waals surface area contributed by atoms with Crippen molar-refractivity contribution in [2.75, 3.05) is 7.05 Å². The van der Waals surface area contributed by atoms with E-state index in [2.05, 4.69) is 10.5 Å². The van der Waals surface area contributed by atoms with Gasteiger partial charge in [-0.25, -0.2) is 0 Å². The van der Waals surface area contributed by atoms with E-state index < -0.39 is 0 Å². The van der Waals surface area contributed by atoms with Crippen LogP contribution < -0.4 is 11.1 Å². The number of carbonyl (C=O) groups excluding carboxylic acids is 1. The molecule has 5 nitrogen and oxygen atoms in total. The molecular weight excluding hydrogens is 302 g/mol. The van der Waals surface area contributed by atoms with Crippen LogP contribution in [0.15, 0.2) is 65.4 Å². The Hall–Kier alpha value is -3.34. The van der Waals surface area contributed by atoms with E-state index in [-0.39, 0.29) is 5.91 Å². The average Bonchev–Trinajstić information content (AvgIpc) is 3.16. The first-order chi connectivity index (χ1) is 11.7. The number of amides is 1. The maximum absolute atomic E-state index is 12.1. The lowest BCUT2D eigenvalue weighted by molar-refractivity contribution is 0.0963. The predicted octanol–water partition coefficient (Wildman–Crippen LogP) is 3.16. The van der Waals surface area contributed by atoms with Gasteiger partial charge in [-0.15, -0.1) is 0 Å². The number of nitrogens with one attached hydrogen (secondary N) is 1. The molecule has 120 valence electrons. The normalized spacial score (nSPS) is 11.3. The highest BCUT2D eigenvalue weighted by Crippen LogP contribution is 2.24. The number of hydrogen-bond acceptors (Lipinski definition) is 4. The number of carbonyl (C=O) groups is 1. The van der Waals surface area contributed by atoms with Crippen LogP contribution in [-0.4, -0.2) is 18.1 Å². The van der Waals surface area contributed by atoms with Crippen molar-refractivity contribution in [1.82, 2.24) is 10.5 Å². The number of nitrogens with zero attached hydrogens (tertiary/aromatic N) is 1. The zero-order chi connectivity index (χ0) is 16.9. The molecule has 0 aliphatic heterocycles. The Labute approximate surface area is 139 Å². The Balaban J connectivity index is 2.09. The summed E-state index contributed by atoms with van der Waals surface area (Å²) in [4.78, 5) is 12.1. The molecular formula is C19H17N3O2. The van der Waals surface area contributed by atoms with E-state index in [0.29, 0.717) is 17.0 Å². The Morgan fingerprint density at radius 3 is 2.62 bits per heavy atom. The van der Waals surface area contributed by atoms with Crippen molar-refractivity contribution in [2.24, 2.45) is 5.73 Å². The molecule has 1 heterocycles. The van der Waals surface area contributed by atoms with Crippen molar-refractivity contribution in [3.05, 3.63) is 77.6 Å². The van der Waals surface area contributed by atoms with Crippen molar-refractivity contribution in [3.8, 4) is 11.3 Å². The molecule has 0 aliphatic carbocycles. The average molecular weight is 319 g/mol. The summed E-state index contributed by atoms with van der Waals surface area (Å²) >= 11 is 0. The van der Waals surface area contributed by atoms with Gasteiger partial charge in [0.2, 0.25) is 0 Å². The quantitative estimate of drug-likeness (QED) is 0.724. The fraction of sp³-hybridized carbons (Fsp3) is 0.0526. The van der Waals surface area contributed by atoms with Crippen molar-refractivity contribution in [3.63, 3.8) is 0 Å². The molecule has 2 aromatic carbocycles. The minimum Gasteiger partial charge on any atom is -0.398 e. The van der Waals surface area contributed by atoms with Crippen molar-refractivity contribution in [2.45, 2.75) is 0 Å². The zero-order valence-electron chi connectivity index (χ0n) is 13.2. The van der Waals surface area contributed by atoms with Crippen LogP contribution in [0, 0.1) is 0 Å². The monoisotopic (exact) mass is 319 g/mol. The molecule has 0 spiro atoms. The summed E-state index contributed by atoms with van der Waals surface area (Å²) in [6, 6.07) is 16.8. The van der Waals surface area contributed by atoms with Gasteiger partial charge in [-0.3, -0.25) is 4.79 Å². The van der Waals surface area contributed by atoms with Crippen molar-refractivity contribution < 1.29 is 9.32 Å². The largest absolute Gasteiger partial charge is 0.398 e. The molecule has 1 aromatic heterocycles. The molecule has 3 rings (SSSR count). The van der Waals surface area contributed by atoms with Crippen LogP contribution in [0.25, 0.3) is 23.0 Å². The van der Waals surface area contributed by atoms with Gasteiger partial charge in [0, 0.05) is 29.9 Å². The highest BCUT2D eigenvalue weighted by molar-refractivity contribution is 6.00. The third-order valence-corrected chi connectivity index (χ3v) is 3.67. The number of aromatic nitrogens is 1. The van der Waals surface area contributed by atoms with Crippen molar-refractivity contribution >= 4 is 17.7 Å². The molecule has 0 bridgehead atoms. The smallest absolute Gasteiger partial charge is 0.251 e. The van der Waals surface area contributed by atoms with Gasteiger partial charge in [0.05, 0.1) is 0 Å². The van der Waals surface area contributed by atoms with Crippen LogP contribution in [0.4, 0.5) is 0 Å². The first kappa shape index (κ1) is 15.6. The predicted molar refractivity (Wildman–Crippen MR) is 93.8 cm³/mol. The van der Waals surface area contributed by atoms with Gasteiger partial charge in [-0.2, -0.15) is 0 Å².